The van der Waals surface area contributed by atoms with Crippen LogP contribution in [0.25, 0.3) is 0 Å². The molecule has 3 saturated carbocycles. The summed E-state index contributed by atoms with van der Waals surface area (Å²) in [7, 11) is 0. The molecule has 3 aliphatic carbocycles. The van der Waals surface area contributed by atoms with Crippen molar-refractivity contribution in [2.75, 3.05) is 0 Å². The molecule has 0 N–H and O–H groups in total. The third-order valence-corrected chi connectivity index (χ3v) is 8.08. The molecular formula is C22H32O6. The summed E-state index contributed by atoms with van der Waals surface area (Å²) in [6, 6.07) is 0. The lowest BCUT2D eigenvalue weighted by Crippen LogP contribution is -2.48. The fraction of sp³-hybridized carbons (Fsp3) is 0.864. The largest absolute Gasteiger partial charge is 0.458 e. The van der Waals surface area contributed by atoms with E-state index >= 15 is 0 Å². The highest BCUT2D eigenvalue weighted by atomic mass is 16.6. The third kappa shape index (κ3) is 2.62. The van der Waals surface area contributed by atoms with Crippen molar-refractivity contribution in [2.24, 2.45) is 22.7 Å². The highest BCUT2D eigenvalue weighted by Gasteiger charge is 2.76. The summed E-state index contributed by atoms with van der Waals surface area (Å²) in [5.41, 5.74) is -2.19. The molecule has 0 spiro atoms. The monoisotopic (exact) mass is 392 g/mol. The normalized spacial score (nSPS) is 37.8. The Morgan fingerprint density at radius 1 is 1.21 bits per heavy atom. The van der Waals surface area contributed by atoms with Crippen molar-refractivity contribution in [3.8, 4) is 0 Å². The second-order valence-corrected chi connectivity index (χ2v) is 9.89. The number of hydrogen-bond acceptors (Lipinski definition) is 6. The molecule has 1 aliphatic heterocycles. The summed E-state index contributed by atoms with van der Waals surface area (Å²) in [6.07, 6.45) is 5.37. The molecule has 0 amide bonds. The Kier molecular flexibility index (Phi) is 4.55. The van der Waals surface area contributed by atoms with Crippen molar-refractivity contribution < 1.29 is 28.6 Å². The van der Waals surface area contributed by atoms with Crippen LogP contribution in [0.5, 0.6) is 0 Å². The third-order valence-electron chi connectivity index (χ3n) is 8.08. The zero-order valence-electron chi connectivity index (χ0n) is 17.4. The smallest absolute Gasteiger partial charge is 0.324 e. The molecule has 156 valence electrons. The first-order valence-corrected chi connectivity index (χ1v) is 10.8. The molecule has 4 rings (SSSR count). The van der Waals surface area contributed by atoms with Gasteiger partial charge in [-0.15, -0.1) is 0 Å². The Bertz CT molecular complexity index is 691. The fourth-order valence-electron chi connectivity index (χ4n) is 5.69. The average Bonchev–Trinajstić information content (AvgIpc) is 3.39. The number of rotatable bonds is 6. The van der Waals surface area contributed by atoms with Gasteiger partial charge in [0.25, 0.3) is 0 Å². The summed E-state index contributed by atoms with van der Waals surface area (Å²) >= 11 is 0. The number of fused-ring (bicyclic) bond motifs is 1. The minimum absolute atomic E-state index is 0.0215. The lowest BCUT2D eigenvalue weighted by molar-refractivity contribution is -0.178. The number of hydrogen-bond donors (Lipinski definition) is 0. The van der Waals surface area contributed by atoms with E-state index in [2.05, 4.69) is 0 Å². The van der Waals surface area contributed by atoms with Gasteiger partial charge < -0.3 is 14.2 Å². The van der Waals surface area contributed by atoms with Crippen molar-refractivity contribution >= 4 is 17.9 Å². The number of esters is 3. The van der Waals surface area contributed by atoms with Gasteiger partial charge in [0.2, 0.25) is 0 Å². The van der Waals surface area contributed by atoms with E-state index in [9.17, 15) is 14.4 Å². The zero-order valence-corrected chi connectivity index (χ0v) is 17.4. The Balaban J connectivity index is 1.52. The van der Waals surface area contributed by atoms with Gasteiger partial charge >= 0.3 is 17.9 Å². The van der Waals surface area contributed by atoms with Gasteiger partial charge in [0.15, 0.2) is 5.41 Å². The molecule has 5 atom stereocenters. The Morgan fingerprint density at radius 2 is 1.89 bits per heavy atom. The van der Waals surface area contributed by atoms with Crippen LogP contribution in [0, 0.1) is 22.7 Å². The van der Waals surface area contributed by atoms with Crippen LogP contribution in [0.4, 0.5) is 0 Å². The van der Waals surface area contributed by atoms with Gasteiger partial charge in [-0.2, -0.15) is 0 Å². The van der Waals surface area contributed by atoms with Crippen LogP contribution in [0.15, 0.2) is 0 Å². The van der Waals surface area contributed by atoms with Crippen molar-refractivity contribution in [2.45, 2.75) is 96.9 Å². The van der Waals surface area contributed by atoms with E-state index in [0.29, 0.717) is 19.3 Å². The van der Waals surface area contributed by atoms with Gasteiger partial charge in [-0.05, 0) is 65.2 Å². The fourth-order valence-corrected chi connectivity index (χ4v) is 5.69. The summed E-state index contributed by atoms with van der Waals surface area (Å²) < 4.78 is 17.5. The second kappa shape index (κ2) is 6.46. The van der Waals surface area contributed by atoms with Crippen LogP contribution >= 0.6 is 0 Å². The van der Waals surface area contributed by atoms with Crippen LogP contribution in [0.2, 0.25) is 0 Å². The Hall–Kier alpha value is -1.59. The molecule has 0 radical (unpaired) electrons. The first-order valence-electron chi connectivity index (χ1n) is 10.8. The van der Waals surface area contributed by atoms with E-state index in [4.69, 9.17) is 14.2 Å². The van der Waals surface area contributed by atoms with E-state index in [1.807, 2.05) is 27.7 Å². The molecule has 2 bridgehead atoms. The molecule has 6 nitrogen and oxygen atoms in total. The molecule has 0 aromatic rings. The van der Waals surface area contributed by atoms with Crippen LogP contribution < -0.4 is 0 Å². The molecule has 4 aliphatic rings. The molecule has 0 aromatic carbocycles. The molecule has 6 heteroatoms. The van der Waals surface area contributed by atoms with E-state index in [1.54, 1.807) is 0 Å². The molecule has 4 fully saturated rings. The predicted octanol–water partition coefficient (Wildman–Crippen LogP) is 3.55. The minimum Gasteiger partial charge on any atom is -0.458 e. The maximum Gasteiger partial charge on any atom is 0.324 e. The minimum atomic E-state index is -1.19. The molecule has 1 saturated heterocycles. The van der Waals surface area contributed by atoms with Crippen molar-refractivity contribution in [3.63, 3.8) is 0 Å². The summed E-state index contributed by atoms with van der Waals surface area (Å²) in [4.78, 5) is 38.6. The molecule has 5 unspecified atom stereocenters. The van der Waals surface area contributed by atoms with Gasteiger partial charge in [0.1, 0.15) is 17.8 Å². The van der Waals surface area contributed by atoms with E-state index < -0.39 is 40.6 Å². The topological polar surface area (TPSA) is 78.9 Å². The Morgan fingerprint density at radius 3 is 2.50 bits per heavy atom. The number of ether oxygens (including phenoxy) is 3. The van der Waals surface area contributed by atoms with E-state index in [1.165, 1.54) is 0 Å². The molecular weight excluding hydrogens is 360 g/mol. The quantitative estimate of drug-likeness (QED) is 0.391. The number of carbonyl (C=O) groups is 3. The molecule has 0 aromatic heterocycles. The van der Waals surface area contributed by atoms with Gasteiger partial charge in [0, 0.05) is 11.8 Å². The summed E-state index contributed by atoms with van der Waals surface area (Å²) in [5, 5.41) is 0. The van der Waals surface area contributed by atoms with Crippen molar-refractivity contribution in [3.05, 3.63) is 0 Å². The summed E-state index contributed by atoms with van der Waals surface area (Å²) in [6.45, 7) is 7.70. The maximum absolute atomic E-state index is 13.2. The predicted molar refractivity (Wildman–Crippen MR) is 100 cm³/mol. The van der Waals surface area contributed by atoms with E-state index in [-0.39, 0.29) is 17.8 Å². The van der Waals surface area contributed by atoms with Crippen LogP contribution in [-0.2, 0) is 28.6 Å². The maximum atomic E-state index is 13.2. The molecule has 28 heavy (non-hydrogen) atoms. The first-order chi connectivity index (χ1) is 13.2. The van der Waals surface area contributed by atoms with Crippen LogP contribution in [0.1, 0.15) is 79.1 Å². The second-order valence-electron chi connectivity index (χ2n) is 9.89. The van der Waals surface area contributed by atoms with Gasteiger partial charge in [0.05, 0.1) is 5.41 Å². The SMILES string of the molecule is CCC1(OC(=O)C23CC4CC2C(OC3=O)C4OC(=O)C(C)(C)CC)CCCC1. The van der Waals surface area contributed by atoms with E-state index in [0.717, 1.165) is 32.1 Å². The highest BCUT2D eigenvalue weighted by molar-refractivity contribution is 6.03. The zero-order chi connectivity index (χ0) is 20.3. The first kappa shape index (κ1) is 19.7. The molecule has 1 heterocycles. The lowest BCUT2D eigenvalue weighted by atomic mass is 9.73. The standard InChI is InChI=1S/C22H32O6/c1-5-20(3,4)17(23)26-15-13-11-14-16(15)27-18(24)22(14,12-13)19(25)28-21(6-2)9-7-8-10-21/h13-16H,5-12H2,1-4H3. The van der Waals surface area contributed by atoms with Crippen molar-refractivity contribution in [1.82, 2.24) is 0 Å². The average molecular weight is 392 g/mol. The van der Waals surface area contributed by atoms with Crippen LogP contribution in [-0.4, -0.2) is 35.7 Å². The number of carbonyl (C=O) groups excluding carboxylic acids is 3. The summed E-state index contributed by atoms with van der Waals surface area (Å²) in [5.74, 6) is -1.41. The van der Waals surface area contributed by atoms with Crippen LogP contribution in [0.3, 0.4) is 0 Å². The van der Waals surface area contributed by atoms with Crippen molar-refractivity contribution in [1.29, 1.82) is 0 Å². The van der Waals surface area contributed by atoms with Gasteiger partial charge in [-0.25, -0.2) is 0 Å². The Labute approximate surface area is 166 Å². The lowest BCUT2D eigenvalue weighted by Gasteiger charge is -2.35. The highest BCUT2D eigenvalue weighted by Crippen LogP contribution is 2.63. The van der Waals surface area contributed by atoms with Gasteiger partial charge in [-0.3, -0.25) is 14.4 Å². The van der Waals surface area contributed by atoms with Gasteiger partial charge in [-0.1, -0.05) is 13.8 Å².